The Bertz CT molecular complexity index is 138. The lowest BCUT2D eigenvalue weighted by Crippen LogP contribution is -2.32. The normalized spacial score (nSPS) is 34.8. The van der Waals surface area contributed by atoms with Crippen LogP contribution in [0.25, 0.3) is 0 Å². The van der Waals surface area contributed by atoms with E-state index in [9.17, 15) is 0 Å². The van der Waals surface area contributed by atoms with Crippen molar-refractivity contribution in [3.8, 4) is 0 Å². The molecule has 0 radical (unpaired) electrons. The van der Waals surface area contributed by atoms with Crippen LogP contribution in [0, 0.1) is 17.8 Å². The molecule has 78 valence electrons. The van der Waals surface area contributed by atoms with Crippen molar-refractivity contribution in [2.75, 3.05) is 19.8 Å². The number of hydrogen-bond acceptors (Lipinski definition) is 2. The topological polar surface area (TPSA) is 35.2 Å². The maximum atomic E-state index is 5.76. The van der Waals surface area contributed by atoms with Crippen LogP contribution >= 0.6 is 0 Å². The summed E-state index contributed by atoms with van der Waals surface area (Å²) in [6, 6.07) is 0. The zero-order valence-corrected chi connectivity index (χ0v) is 8.96. The van der Waals surface area contributed by atoms with Gasteiger partial charge in [0.25, 0.3) is 0 Å². The SMILES string of the molecule is CCOCC1CC(C)CCC1CN. The van der Waals surface area contributed by atoms with Crippen LogP contribution in [0.5, 0.6) is 0 Å². The highest BCUT2D eigenvalue weighted by Crippen LogP contribution is 2.33. The molecule has 1 aliphatic carbocycles. The van der Waals surface area contributed by atoms with Crippen LogP contribution in [-0.2, 0) is 4.74 Å². The second kappa shape index (κ2) is 5.61. The summed E-state index contributed by atoms with van der Waals surface area (Å²) in [5.41, 5.74) is 5.76. The zero-order chi connectivity index (χ0) is 9.68. The smallest absolute Gasteiger partial charge is 0.0497 e. The number of rotatable bonds is 4. The van der Waals surface area contributed by atoms with E-state index in [2.05, 4.69) is 13.8 Å². The highest BCUT2D eigenvalue weighted by atomic mass is 16.5. The van der Waals surface area contributed by atoms with E-state index < -0.39 is 0 Å². The Labute approximate surface area is 81.8 Å². The van der Waals surface area contributed by atoms with E-state index in [-0.39, 0.29) is 0 Å². The van der Waals surface area contributed by atoms with Gasteiger partial charge in [0.05, 0.1) is 0 Å². The molecule has 1 saturated carbocycles. The lowest BCUT2D eigenvalue weighted by atomic mass is 9.75. The van der Waals surface area contributed by atoms with Gasteiger partial charge in [0.2, 0.25) is 0 Å². The molecule has 2 N–H and O–H groups in total. The van der Waals surface area contributed by atoms with Gasteiger partial charge in [0, 0.05) is 13.2 Å². The quantitative estimate of drug-likeness (QED) is 0.727. The van der Waals surface area contributed by atoms with Crippen molar-refractivity contribution in [1.29, 1.82) is 0 Å². The Balaban J connectivity index is 2.35. The van der Waals surface area contributed by atoms with E-state index in [1.807, 2.05) is 0 Å². The highest BCUT2D eigenvalue weighted by molar-refractivity contribution is 4.78. The average molecular weight is 185 g/mol. The first kappa shape index (κ1) is 11.0. The second-order valence-corrected chi connectivity index (χ2v) is 4.33. The fourth-order valence-electron chi connectivity index (χ4n) is 2.35. The van der Waals surface area contributed by atoms with Crippen LogP contribution in [0.2, 0.25) is 0 Å². The molecule has 3 unspecified atom stereocenters. The van der Waals surface area contributed by atoms with Gasteiger partial charge in [0.1, 0.15) is 0 Å². The van der Waals surface area contributed by atoms with E-state index in [1.165, 1.54) is 19.3 Å². The van der Waals surface area contributed by atoms with Gasteiger partial charge in [-0.2, -0.15) is 0 Å². The second-order valence-electron chi connectivity index (χ2n) is 4.33. The highest BCUT2D eigenvalue weighted by Gasteiger charge is 2.27. The van der Waals surface area contributed by atoms with Crippen molar-refractivity contribution in [2.24, 2.45) is 23.5 Å². The van der Waals surface area contributed by atoms with E-state index in [4.69, 9.17) is 10.5 Å². The van der Waals surface area contributed by atoms with Gasteiger partial charge in [-0.3, -0.25) is 0 Å². The van der Waals surface area contributed by atoms with Crippen LogP contribution in [0.3, 0.4) is 0 Å². The number of hydrogen-bond donors (Lipinski definition) is 1. The summed E-state index contributed by atoms with van der Waals surface area (Å²) in [7, 11) is 0. The lowest BCUT2D eigenvalue weighted by molar-refractivity contribution is 0.0561. The van der Waals surface area contributed by atoms with Crippen molar-refractivity contribution in [3.63, 3.8) is 0 Å². The molecular weight excluding hydrogens is 162 g/mol. The number of ether oxygens (including phenoxy) is 1. The summed E-state index contributed by atoms with van der Waals surface area (Å²) in [5, 5.41) is 0. The van der Waals surface area contributed by atoms with Gasteiger partial charge in [-0.15, -0.1) is 0 Å². The van der Waals surface area contributed by atoms with Gasteiger partial charge in [0.15, 0.2) is 0 Å². The van der Waals surface area contributed by atoms with Gasteiger partial charge >= 0.3 is 0 Å². The Kier molecular flexibility index (Phi) is 4.74. The van der Waals surface area contributed by atoms with E-state index in [1.54, 1.807) is 0 Å². The minimum atomic E-state index is 0.711. The molecule has 13 heavy (non-hydrogen) atoms. The molecule has 1 rings (SSSR count). The van der Waals surface area contributed by atoms with Crippen LogP contribution in [0.4, 0.5) is 0 Å². The summed E-state index contributed by atoms with van der Waals surface area (Å²) in [5.74, 6) is 2.30. The molecular formula is C11H23NO. The van der Waals surface area contributed by atoms with Crippen LogP contribution < -0.4 is 5.73 Å². The number of nitrogens with two attached hydrogens (primary N) is 1. The van der Waals surface area contributed by atoms with Crippen molar-refractivity contribution >= 4 is 0 Å². The molecule has 2 nitrogen and oxygen atoms in total. The zero-order valence-electron chi connectivity index (χ0n) is 8.96. The van der Waals surface area contributed by atoms with Crippen molar-refractivity contribution in [3.05, 3.63) is 0 Å². The summed E-state index contributed by atoms with van der Waals surface area (Å²) in [6.07, 6.45) is 3.96. The summed E-state index contributed by atoms with van der Waals surface area (Å²) in [4.78, 5) is 0. The predicted molar refractivity (Wildman–Crippen MR) is 55.5 cm³/mol. The third kappa shape index (κ3) is 3.28. The van der Waals surface area contributed by atoms with Crippen molar-refractivity contribution in [1.82, 2.24) is 0 Å². The van der Waals surface area contributed by atoms with Crippen LogP contribution in [-0.4, -0.2) is 19.8 Å². The van der Waals surface area contributed by atoms with Gasteiger partial charge in [-0.25, -0.2) is 0 Å². The average Bonchev–Trinajstić information content (AvgIpc) is 2.15. The molecule has 0 saturated heterocycles. The minimum absolute atomic E-state index is 0.711. The Morgan fingerprint density at radius 1 is 1.31 bits per heavy atom. The molecule has 0 heterocycles. The summed E-state index contributed by atoms with van der Waals surface area (Å²) in [6.45, 7) is 6.99. The lowest BCUT2D eigenvalue weighted by Gasteiger charge is -2.33. The van der Waals surface area contributed by atoms with Crippen LogP contribution in [0.1, 0.15) is 33.1 Å². The Hall–Kier alpha value is -0.0800. The third-order valence-electron chi connectivity index (χ3n) is 3.24. The van der Waals surface area contributed by atoms with E-state index in [0.29, 0.717) is 11.8 Å². The largest absolute Gasteiger partial charge is 0.381 e. The minimum Gasteiger partial charge on any atom is -0.381 e. The van der Waals surface area contributed by atoms with Crippen molar-refractivity contribution in [2.45, 2.75) is 33.1 Å². The molecule has 2 heteroatoms. The van der Waals surface area contributed by atoms with E-state index in [0.717, 1.165) is 25.7 Å². The molecule has 1 aliphatic rings. The third-order valence-corrected chi connectivity index (χ3v) is 3.24. The molecule has 0 amide bonds. The van der Waals surface area contributed by atoms with Crippen LogP contribution in [0.15, 0.2) is 0 Å². The molecule has 0 aromatic heterocycles. The molecule has 0 aromatic rings. The molecule has 0 bridgehead atoms. The summed E-state index contributed by atoms with van der Waals surface area (Å²) >= 11 is 0. The Morgan fingerprint density at radius 3 is 2.69 bits per heavy atom. The van der Waals surface area contributed by atoms with Gasteiger partial charge in [-0.1, -0.05) is 13.3 Å². The molecule has 0 aromatic carbocycles. The fraction of sp³-hybridized carbons (Fsp3) is 1.00. The monoisotopic (exact) mass is 185 g/mol. The molecule has 1 fully saturated rings. The fourth-order valence-corrected chi connectivity index (χ4v) is 2.35. The first-order chi connectivity index (χ1) is 6.27. The standard InChI is InChI=1S/C11H23NO/c1-3-13-8-11-6-9(2)4-5-10(11)7-12/h9-11H,3-8,12H2,1-2H3. The molecule has 0 spiro atoms. The first-order valence-corrected chi connectivity index (χ1v) is 5.55. The van der Waals surface area contributed by atoms with Gasteiger partial charge < -0.3 is 10.5 Å². The summed E-state index contributed by atoms with van der Waals surface area (Å²) < 4.78 is 5.50. The maximum absolute atomic E-state index is 5.76. The van der Waals surface area contributed by atoms with Gasteiger partial charge in [-0.05, 0) is 44.1 Å². The van der Waals surface area contributed by atoms with Crippen molar-refractivity contribution < 1.29 is 4.74 Å². The maximum Gasteiger partial charge on any atom is 0.0497 e. The predicted octanol–water partition coefficient (Wildman–Crippen LogP) is 2.03. The van der Waals surface area contributed by atoms with E-state index >= 15 is 0 Å². The first-order valence-electron chi connectivity index (χ1n) is 5.55. The Morgan fingerprint density at radius 2 is 2.08 bits per heavy atom. The molecule has 3 atom stereocenters. The molecule has 0 aliphatic heterocycles.